The molecule has 1 fully saturated rings. The fourth-order valence-electron chi connectivity index (χ4n) is 7.08. The Kier molecular flexibility index (Phi) is 10.7. The van der Waals surface area contributed by atoms with Crippen LogP contribution >= 0.6 is 11.3 Å². The SMILES string of the molecule is CCCCc1ccc(-c2ccc3c(c2)c2cc(-c4ccc(CCCC)cc4)ccc2n3-c2csc(B3OC(C)(C)C(C)(C)O3)c2OCOCC)cc1. The summed E-state index contributed by atoms with van der Waals surface area (Å²) in [5.74, 6) is 0.731. The van der Waals surface area contributed by atoms with E-state index in [2.05, 4.69) is 136 Å². The largest absolute Gasteiger partial charge is 0.509 e. The van der Waals surface area contributed by atoms with E-state index in [-0.39, 0.29) is 6.79 Å². The molecule has 4 aromatic carbocycles. The maximum atomic E-state index is 6.55. The van der Waals surface area contributed by atoms with Crippen LogP contribution in [0.3, 0.4) is 0 Å². The molecule has 0 radical (unpaired) electrons. The third-order valence-corrected chi connectivity index (χ3v) is 11.9. The minimum atomic E-state index is -0.549. The lowest BCUT2D eigenvalue weighted by atomic mass is 9.87. The molecule has 3 heterocycles. The second-order valence-electron chi connectivity index (χ2n) is 15.1. The average molecular weight is 714 g/mol. The average Bonchev–Trinajstić information content (AvgIpc) is 3.77. The molecule has 0 atom stereocenters. The van der Waals surface area contributed by atoms with E-state index in [1.807, 2.05) is 6.92 Å². The van der Waals surface area contributed by atoms with Crippen LogP contribution in [0.25, 0.3) is 49.7 Å². The zero-order valence-corrected chi connectivity index (χ0v) is 32.7. The minimum Gasteiger partial charge on any atom is -0.465 e. The van der Waals surface area contributed by atoms with Gasteiger partial charge in [-0.2, -0.15) is 0 Å². The molecule has 270 valence electrons. The first-order chi connectivity index (χ1) is 25.1. The second-order valence-corrected chi connectivity index (χ2v) is 16.0. The molecular formula is C45H52BNO4S. The number of nitrogens with zero attached hydrogens (tertiary/aromatic N) is 1. The summed E-state index contributed by atoms with van der Waals surface area (Å²) in [7, 11) is -0.549. The number of unbranched alkanes of at least 4 members (excludes halogenated alkanes) is 2. The van der Waals surface area contributed by atoms with Gasteiger partial charge in [0.1, 0.15) is 0 Å². The number of hydrogen-bond donors (Lipinski definition) is 0. The molecule has 0 spiro atoms. The van der Waals surface area contributed by atoms with Crippen molar-refractivity contribution in [2.45, 2.75) is 98.2 Å². The first-order valence-electron chi connectivity index (χ1n) is 19.1. The van der Waals surface area contributed by atoms with Gasteiger partial charge >= 0.3 is 7.12 Å². The molecule has 0 aliphatic carbocycles. The monoisotopic (exact) mass is 713 g/mol. The quantitative estimate of drug-likeness (QED) is 0.0640. The molecular weight excluding hydrogens is 661 g/mol. The highest BCUT2D eigenvalue weighted by Crippen LogP contribution is 2.42. The lowest BCUT2D eigenvalue weighted by molar-refractivity contribution is 0.00578. The third-order valence-electron chi connectivity index (χ3n) is 10.9. The Morgan fingerprint density at radius 2 is 1.13 bits per heavy atom. The standard InChI is InChI=1S/C45H52BNO4S/c1-8-11-13-31-15-19-33(20-16-31)35-23-25-39-37(27-35)38-28-36(34-21-17-32(18-22-34)14-12-9-2)24-26-40(38)47(39)41-29-52-43(42(41)49-30-48-10-3)46-50-44(4,5)45(6,7)51-46/h15-29H,8-14,30H2,1-7H3. The molecule has 52 heavy (non-hydrogen) atoms. The van der Waals surface area contributed by atoms with Crippen LogP contribution in [0.4, 0.5) is 0 Å². The van der Waals surface area contributed by atoms with Gasteiger partial charge in [-0.3, -0.25) is 0 Å². The number of hydrogen-bond acceptors (Lipinski definition) is 5. The molecule has 7 heteroatoms. The number of rotatable bonds is 14. The van der Waals surface area contributed by atoms with Gasteiger partial charge in [0.2, 0.25) is 0 Å². The summed E-state index contributed by atoms with van der Waals surface area (Å²) in [6.07, 6.45) is 7.07. The van der Waals surface area contributed by atoms with E-state index >= 15 is 0 Å². The molecule has 0 saturated carbocycles. The summed E-state index contributed by atoms with van der Waals surface area (Å²) in [6.45, 7) is 15.5. The van der Waals surface area contributed by atoms with Gasteiger partial charge in [-0.05, 0) is 118 Å². The van der Waals surface area contributed by atoms with E-state index < -0.39 is 18.3 Å². The number of benzene rings is 4. The minimum absolute atomic E-state index is 0.140. The molecule has 0 bridgehead atoms. The highest BCUT2D eigenvalue weighted by Gasteiger charge is 2.53. The van der Waals surface area contributed by atoms with Gasteiger partial charge < -0.3 is 23.3 Å². The van der Waals surface area contributed by atoms with Gasteiger partial charge in [0, 0.05) is 22.8 Å². The van der Waals surface area contributed by atoms with Crippen LogP contribution in [0.2, 0.25) is 0 Å². The topological polar surface area (TPSA) is 41.9 Å². The van der Waals surface area contributed by atoms with Gasteiger partial charge in [0.15, 0.2) is 12.5 Å². The Labute approximate surface area is 314 Å². The summed E-state index contributed by atoms with van der Waals surface area (Å²) in [5, 5.41) is 4.57. The third kappa shape index (κ3) is 7.09. The summed E-state index contributed by atoms with van der Waals surface area (Å²) in [5.41, 5.74) is 9.88. The zero-order valence-electron chi connectivity index (χ0n) is 31.9. The Bertz CT molecular complexity index is 2020. The van der Waals surface area contributed by atoms with Crippen molar-refractivity contribution in [1.29, 1.82) is 0 Å². The Morgan fingerprint density at radius 3 is 1.60 bits per heavy atom. The van der Waals surface area contributed by atoms with Crippen molar-refractivity contribution in [3.63, 3.8) is 0 Å². The van der Waals surface area contributed by atoms with Crippen molar-refractivity contribution in [2.75, 3.05) is 13.4 Å². The molecule has 7 rings (SSSR count). The van der Waals surface area contributed by atoms with Crippen LogP contribution in [0.1, 0.15) is 85.3 Å². The van der Waals surface area contributed by atoms with Crippen LogP contribution < -0.4 is 9.51 Å². The summed E-state index contributed by atoms with van der Waals surface area (Å²) in [4.78, 5) is 0. The molecule has 6 aromatic rings. The summed E-state index contributed by atoms with van der Waals surface area (Å²) in [6, 6.07) is 31.9. The summed E-state index contributed by atoms with van der Waals surface area (Å²) < 4.78 is 28.6. The van der Waals surface area contributed by atoms with Crippen molar-refractivity contribution in [3.05, 3.63) is 101 Å². The molecule has 1 saturated heterocycles. The number of aryl methyl sites for hydroxylation is 2. The van der Waals surface area contributed by atoms with E-state index in [0.717, 1.165) is 40.1 Å². The lowest BCUT2D eigenvalue weighted by Gasteiger charge is -2.32. The highest BCUT2D eigenvalue weighted by atomic mass is 32.1. The van der Waals surface area contributed by atoms with Crippen LogP contribution in [-0.2, 0) is 26.9 Å². The maximum absolute atomic E-state index is 6.55. The number of fused-ring (bicyclic) bond motifs is 3. The maximum Gasteiger partial charge on any atom is 0.509 e. The Morgan fingerprint density at radius 1 is 0.654 bits per heavy atom. The van der Waals surface area contributed by atoms with E-state index in [4.69, 9.17) is 18.8 Å². The molecule has 0 amide bonds. The van der Waals surface area contributed by atoms with Gasteiger partial charge in [0.05, 0.1) is 32.7 Å². The molecule has 1 aliphatic rings. The van der Waals surface area contributed by atoms with E-state index in [0.29, 0.717) is 6.61 Å². The highest BCUT2D eigenvalue weighted by molar-refractivity contribution is 7.21. The van der Waals surface area contributed by atoms with Crippen molar-refractivity contribution < 1.29 is 18.8 Å². The van der Waals surface area contributed by atoms with E-state index in [9.17, 15) is 0 Å². The van der Waals surface area contributed by atoms with Crippen molar-refractivity contribution in [2.24, 2.45) is 0 Å². The summed E-state index contributed by atoms with van der Waals surface area (Å²) >= 11 is 1.61. The predicted octanol–water partition coefficient (Wildman–Crippen LogP) is 11.5. The van der Waals surface area contributed by atoms with Crippen molar-refractivity contribution >= 4 is 45.0 Å². The fourth-order valence-corrected chi connectivity index (χ4v) is 8.01. The first kappa shape index (κ1) is 36.5. The molecule has 1 aliphatic heterocycles. The molecule has 0 unspecified atom stereocenters. The first-order valence-corrected chi connectivity index (χ1v) is 20.0. The van der Waals surface area contributed by atoms with Crippen molar-refractivity contribution in [1.82, 2.24) is 4.57 Å². The molecule has 5 nitrogen and oxygen atoms in total. The zero-order chi connectivity index (χ0) is 36.5. The van der Waals surface area contributed by atoms with Gasteiger partial charge in [-0.1, -0.05) is 87.4 Å². The predicted molar refractivity (Wildman–Crippen MR) is 220 cm³/mol. The molecule has 0 N–H and O–H groups in total. The normalized spacial score (nSPS) is 15.2. The lowest BCUT2D eigenvalue weighted by Crippen LogP contribution is -2.41. The number of aromatic nitrogens is 1. The van der Waals surface area contributed by atoms with E-state index in [1.165, 1.54) is 69.8 Å². The van der Waals surface area contributed by atoms with Crippen molar-refractivity contribution in [3.8, 4) is 33.7 Å². The van der Waals surface area contributed by atoms with Gasteiger partial charge in [0.25, 0.3) is 0 Å². The number of thiophene rings is 1. The van der Waals surface area contributed by atoms with E-state index in [1.54, 1.807) is 11.3 Å². The van der Waals surface area contributed by atoms with Crippen LogP contribution in [0.5, 0.6) is 5.75 Å². The smallest absolute Gasteiger partial charge is 0.465 e. The van der Waals surface area contributed by atoms with Crippen LogP contribution in [-0.4, -0.2) is 36.3 Å². The fraction of sp³-hybridized carbons (Fsp3) is 0.378. The Balaban J connectivity index is 1.38. The van der Waals surface area contributed by atoms with Gasteiger partial charge in [-0.15, -0.1) is 11.3 Å². The second kappa shape index (κ2) is 15.2. The van der Waals surface area contributed by atoms with Crippen LogP contribution in [0.15, 0.2) is 90.3 Å². The molecule has 2 aromatic heterocycles. The van der Waals surface area contributed by atoms with Gasteiger partial charge in [-0.25, -0.2) is 0 Å². The Hall–Kier alpha value is -3.88. The van der Waals surface area contributed by atoms with Crippen LogP contribution in [0, 0.1) is 0 Å². The number of ether oxygens (including phenoxy) is 2.